The molecule has 3 fully saturated rings. The van der Waals surface area contributed by atoms with E-state index in [1.54, 1.807) is 29.8 Å². The summed E-state index contributed by atoms with van der Waals surface area (Å²) in [6.07, 6.45) is 17.0. The van der Waals surface area contributed by atoms with E-state index in [-0.39, 0.29) is 60.7 Å². The fourth-order valence-corrected chi connectivity index (χ4v) is 13.8. The first-order chi connectivity index (χ1) is 37.3. The highest BCUT2D eigenvalue weighted by molar-refractivity contribution is 5.98. The summed E-state index contributed by atoms with van der Waals surface area (Å²) in [6.45, 7) is 17.2. The number of rotatable bonds is 26. The number of nitro groups is 1. The fourth-order valence-electron chi connectivity index (χ4n) is 13.8. The zero-order valence-corrected chi connectivity index (χ0v) is 47.3. The Kier molecular flexibility index (Phi) is 21.1. The molecule has 0 aromatic heterocycles. The summed E-state index contributed by atoms with van der Waals surface area (Å²) in [7, 11) is 0. The van der Waals surface area contributed by atoms with Gasteiger partial charge in [-0.3, -0.25) is 29.3 Å². The number of benzene rings is 3. The van der Waals surface area contributed by atoms with E-state index in [2.05, 4.69) is 62.0 Å². The number of fused-ring (bicyclic) bond motifs is 5. The number of nitro benzene ring substituents is 1. The molecule has 10 unspecified atom stereocenters. The van der Waals surface area contributed by atoms with Gasteiger partial charge in [0.25, 0.3) is 5.69 Å². The Morgan fingerprint density at radius 2 is 1.47 bits per heavy atom. The number of non-ortho nitro benzene ring substituents is 1. The lowest BCUT2D eigenvalue weighted by Crippen LogP contribution is -2.53. The Bertz CT molecular complexity index is 2530. The number of carbonyl (C=O) groups is 5. The molecule has 3 aromatic rings. The monoisotopic (exact) mass is 1070 g/mol. The number of carbonyl (C=O) groups excluding carboxylic acids is 5. The van der Waals surface area contributed by atoms with Crippen LogP contribution in [0.15, 0.2) is 90.5 Å². The second kappa shape index (κ2) is 27.7. The number of ether oxygens (including phenoxy) is 3. The van der Waals surface area contributed by atoms with Crippen LogP contribution in [0.5, 0.6) is 5.75 Å². The Balaban J connectivity index is 0.821. The van der Waals surface area contributed by atoms with Crippen LogP contribution in [-0.4, -0.2) is 66.0 Å². The smallest absolute Gasteiger partial charge is 0.429 e. The number of hydrogen-bond acceptors (Lipinski definition) is 10. The Hall–Kier alpha value is -6.09. The molecule has 10 atom stereocenters. The summed E-state index contributed by atoms with van der Waals surface area (Å²) >= 11 is 0. The second-order valence-corrected chi connectivity index (χ2v) is 24.3. The van der Waals surface area contributed by atoms with Gasteiger partial charge in [-0.25, -0.2) is 4.79 Å². The zero-order chi connectivity index (χ0) is 56.0. The standard InChI is InChI=1S/C63H87N5O10/c1-41(2)13-11-14-43(5)52-27-28-53-51-26-19-46-39-50(31-33-62(46,6)54(51)32-34-63(52,53)7)76-36-12-35-64-57(69)29-30-58(70)66-55(37-42(3)4)60(72)67-56(38-44-15-9-8-10-16-44)59(71)65-47-20-17-45(18-21-47)40-77-61(73)78-49-24-22-48(23-25-49)68(74)75/h8-10,15-25,41-43,50-56H,11-14,26-40H2,1-7H3,(H,64,69)(H,65,71)(H,66,70)(H,67,72). The minimum Gasteiger partial charge on any atom is -0.429 e. The highest BCUT2D eigenvalue weighted by Crippen LogP contribution is 2.67. The molecule has 3 aromatic carbocycles. The van der Waals surface area contributed by atoms with Crippen LogP contribution in [0.2, 0.25) is 0 Å². The van der Waals surface area contributed by atoms with E-state index in [0.29, 0.717) is 42.7 Å². The van der Waals surface area contributed by atoms with E-state index in [9.17, 15) is 34.1 Å². The van der Waals surface area contributed by atoms with Gasteiger partial charge in [0.05, 0.1) is 11.0 Å². The summed E-state index contributed by atoms with van der Waals surface area (Å²) < 4.78 is 16.7. The van der Waals surface area contributed by atoms with Gasteiger partial charge < -0.3 is 35.5 Å². The summed E-state index contributed by atoms with van der Waals surface area (Å²) in [6, 6.07) is 18.9. The molecule has 0 saturated heterocycles. The van der Waals surface area contributed by atoms with Crippen LogP contribution >= 0.6 is 0 Å². The molecule has 424 valence electrons. The first kappa shape index (κ1) is 59.6. The highest BCUT2D eigenvalue weighted by atomic mass is 16.7. The third kappa shape index (κ3) is 16.0. The molecule has 3 saturated carbocycles. The van der Waals surface area contributed by atoms with Gasteiger partial charge in [-0.2, -0.15) is 0 Å². The topological polar surface area (TPSA) is 204 Å². The second-order valence-electron chi connectivity index (χ2n) is 24.3. The van der Waals surface area contributed by atoms with Gasteiger partial charge in [0.1, 0.15) is 24.4 Å². The highest BCUT2D eigenvalue weighted by Gasteiger charge is 2.59. The van der Waals surface area contributed by atoms with E-state index in [4.69, 9.17) is 14.2 Å². The van der Waals surface area contributed by atoms with Crippen LogP contribution in [0, 0.1) is 62.4 Å². The molecule has 15 heteroatoms. The van der Waals surface area contributed by atoms with Crippen molar-refractivity contribution in [1.29, 1.82) is 0 Å². The number of hydrogen-bond donors (Lipinski definition) is 4. The molecule has 0 radical (unpaired) electrons. The summed E-state index contributed by atoms with van der Waals surface area (Å²) in [4.78, 5) is 76.6. The van der Waals surface area contributed by atoms with Crippen molar-refractivity contribution in [3.05, 3.63) is 112 Å². The van der Waals surface area contributed by atoms with Gasteiger partial charge in [0, 0.05) is 50.2 Å². The number of amides is 4. The van der Waals surface area contributed by atoms with Crippen molar-refractivity contribution < 1.29 is 43.1 Å². The van der Waals surface area contributed by atoms with Crippen molar-refractivity contribution in [3.8, 4) is 5.75 Å². The molecule has 4 N–H and O–H groups in total. The molecule has 78 heavy (non-hydrogen) atoms. The van der Waals surface area contributed by atoms with Crippen LogP contribution in [0.3, 0.4) is 0 Å². The van der Waals surface area contributed by atoms with Crippen LogP contribution in [0.25, 0.3) is 0 Å². The number of nitrogens with zero attached hydrogens (tertiary/aromatic N) is 1. The zero-order valence-electron chi connectivity index (χ0n) is 47.3. The molecule has 0 bridgehead atoms. The lowest BCUT2D eigenvalue weighted by molar-refractivity contribution is -0.384. The lowest BCUT2D eigenvalue weighted by Gasteiger charge is -2.58. The molecule has 7 rings (SSSR count). The molecule has 0 aliphatic heterocycles. The van der Waals surface area contributed by atoms with Crippen LogP contribution in [0.1, 0.15) is 156 Å². The fraction of sp³-hybridized carbons (Fsp3) is 0.603. The van der Waals surface area contributed by atoms with Crippen molar-refractivity contribution in [2.75, 3.05) is 18.5 Å². The van der Waals surface area contributed by atoms with E-state index >= 15 is 0 Å². The summed E-state index contributed by atoms with van der Waals surface area (Å²) in [5, 5.41) is 22.4. The molecule has 4 aliphatic carbocycles. The van der Waals surface area contributed by atoms with E-state index < -0.39 is 40.9 Å². The predicted molar refractivity (Wildman–Crippen MR) is 302 cm³/mol. The van der Waals surface area contributed by atoms with Crippen LogP contribution in [-0.2, 0) is 41.7 Å². The first-order valence-corrected chi connectivity index (χ1v) is 29.0. The molecule has 0 heterocycles. The first-order valence-electron chi connectivity index (χ1n) is 29.0. The number of nitrogens with one attached hydrogen (secondary N) is 4. The lowest BCUT2D eigenvalue weighted by atomic mass is 9.47. The normalized spacial score (nSPS) is 24.5. The molecule has 0 spiro atoms. The molecular weight excluding hydrogens is 987 g/mol. The molecular formula is C63H87N5O10. The van der Waals surface area contributed by atoms with Gasteiger partial charge in [0.15, 0.2) is 0 Å². The minimum absolute atomic E-state index is 0.0243. The van der Waals surface area contributed by atoms with Gasteiger partial charge in [0.2, 0.25) is 23.6 Å². The van der Waals surface area contributed by atoms with E-state index in [1.165, 1.54) is 82.1 Å². The molecule has 15 nitrogen and oxygen atoms in total. The number of allylic oxidation sites excluding steroid dienone is 1. The van der Waals surface area contributed by atoms with Crippen molar-refractivity contribution in [1.82, 2.24) is 16.0 Å². The number of anilines is 1. The largest absolute Gasteiger partial charge is 0.514 e. The summed E-state index contributed by atoms with van der Waals surface area (Å²) in [5.74, 6) is 3.33. The maximum atomic E-state index is 13.9. The van der Waals surface area contributed by atoms with E-state index in [1.807, 2.05) is 44.2 Å². The quantitative estimate of drug-likeness (QED) is 0.0149. The molecule has 4 aliphatic rings. The Morgan fingerprint density at radius 1 is 0.744 bits per heavy atom. The minimum atomic E-state index is -1.01. The maximum absolute atomic E-state index is 13.9. The van der Waals surface area contributed by atoms with Crippen molar-refractivity contribution in [3.63, 3.8) is 0 Å². The van der Waals surface area contributed by atoms with Crippen molar-refractivity contribution >= 4 is 41.2 Å². The Labute approximate surface area is 462 Å². The third-order valence-corrected chi connectivity index (χ3v) is 17.9. The van der Waals surface area contributed by atoms with Crippen molar-refractivity contribution in [2.45, 2.75) is 176 Å². The van der Waals surface area contributed by atoms with Gasteiger partial charge in [-0.05, 0) is 152 Å². The van der Waals surface area contributed by atoms with Crippen LogP contribution < -0.4 is 26.0 Å². The molecule has 4 amide bonds. The SMILES string of the molecule is CC(C)CCCC(C)C1CCC2C3CC=C4CC(OCCCNC(=O)CCC(=O)NC(CC(C)C)C(=O)NC(Cc5ccccc5)C(=O)Nc5ccc(COC(=O)Oc6ccc([N+](=O)[O-])cc6)cc5)CCC4(C)C3CCC12C. The van der Waals surface area contributed by atoms with E-state index in [0.717, 1.165) is 53.9 Å². The average Bonchev–Trinajstić information content (AvgIpc) is 3.94. The van der Waals surface area contributed by atoms with Gasteiger partial charge >= 0.3 is 6.16 Å². The predicted octanol–water partition coefficient (Wildman–Crippen LogP) is 12.2. The van der Waals surface area contributed by atoms with Gasteiger partial charge in [-0.1, -0.05) is 122 Å². The maximum Gasteiger partial charge on any atom is 0.514 e. The summed E-state index contributed by atoms with van der Waals surface area (Å²) in [5.41, 5.74) is 4.06. The Morgan fingerprint density at radius 3 is 2.18 bits per heavy atom. The average molecular weight is 1070 g/mol. The van der Waals surface area contributed by atoms with Crippen LogP contribution in [0.4, 0.5) is 16.2 Å². The van der Waals surface area contributed by atoms with Gasteiger partial charge in [-0.15, -0.1) is 0 Å². The third-order valence-electron chi connectivity index (χ3n) is 17.9. The van der Waals surface area contributed by atoms with Crippen molar-refractivity contribution in [2.24, 2.45) is 52.3 Å².